The average molecular weight is 392 g/mol. The number of carbonyl (C=O) groups excluding carboxylic acids is 2. The Labute approximate surface area is 156 Å². The Balaban J connectivity index is 1.70. The molecule has 1 atom stereocenters. The number of hydrogen-bond acceptors (Lipinski definition) is 4. The molecule has 0 bridgehead atoms. The summed E-state index contributed by atoms with van der Waals surface area (Å²) in [7, 11) is 0. The molecule has 0 spiro atoms. The number of rotatable bonds is 5. The van der Waals surface area contributed by atoms with Gasteiger partial charge in [0.2, 0.25) is 5.91 Å². The van der Waals surface area contributed by atoms with Gasteiger partial charge in [0.1, 0.15) is 6.04 Å². The normalized spacial score (nSPS) is 12.6. The van der Waals surface area contributed by atoms with Gasteiger partial charge in [0.25, 0.3) is 5.91 Å². The third-order valence-electron chi connectivity index (χ3n) is 3.94. The Morgan fingerprint density at radius 1 is 1.18 bits per heavy atom. The fraction of sp³-hybridized carbons (Fsp3) is 0.167. The fourth-order valence-corrected chi connectivity index (χ4v) is 2.52. The number of aliphatic hydroxyl groups excluding tert-OH is 1. The Morgan fingerprint density at radius 2 is 1.96 bits per heavy atom. The Kier molecular flexibility index (Phi) is 5.32. The highest BCUT2D eigenvalue weighted by Gasteiger charge is 2.30. The summed E-state index contributed by atoms with van der Waals surface area (Å²) in [6, 6.07) is 7.33. The second kappa shape index (κ2) is 7.69. The molecule has 0 saturated carbocycles. The van der Waals surface area contributed by atoms with Crippen LogP contribution in [0, 0.1) is 0 Å². The van der Waals surface area contributed by atoms with Crippen molar-refractivity contribution < 1.29 is 27.9 Å². The minimum absolute atomic E-state index is 0.105. The van der Waals surface area contributed by atoms with Gasteiger partial charge in [0.15, 0.2) is 0 Å². The average Bonchev–Trinajstić information content (AvgIpc) is 3.13. The number of aliphatic hydroxyl groups is 1. The van der Waals surface area contributed by atoms with Crippen LogP contribution in [-0.2, 0) is 11.0 Å². The lowest BCUT2D eigenvalue weighted by Gasteiger charge is -2.17. The SMILES string of the molecule is O=C(N[C@@H](CO)C(=O)Nc1cccc(C(F)(F)F)c1)c1ccc2nc[nH]c2c1. The molecule has 1 heterocycles. The van der Waals surface area contributed by atoms with Crippen molar-refractivity contribution >= 4 is 28.5 Å². The molecule has 3 rings (SSSR count). The van der Waals surface area contributed by atoms with E-state index in [4.69, 9.17) is 0 Å². The van der Waals surface area contributed by atoms with Crippen LogP contribution in [-0.4, -0.2) is 39.5 Å². The molecule has 0 aliphatic rings. The van der Waals surface area contributed by atoms with Crippen LogP contribution in [0.5, 0.6) is 0 Å². The molecule has 0 aliphatic carbocycles. The summed E-state index contributed by atoms with van der Waals surface area (Å²) in [6.07, 6.45) is -3.10. The second-order valence-corrected chi connectivity index (χ2v) is 5.91. The second-order valence-electron chi connectivity index (χ2n) is 5.91. The summed E-state index contributed by atoms with van der Waals surface area (Å²) in [5.41, 5.74) is 0.454. The number of imidazole rings is 1. The van der Waals surface area contributed by atoms with E-state index in [1.807, 2.05) is 0 Å². The number of hydrogen-bond donors (Lipinski definition) is 4. The highest BCUT2D eigenvalue weighted by molar-refractivity contribution is 6.02. The van der Waals surface area contributed by atoms with Crippen molar-refractivity contribution in [1.29, 1.82) is 0 Å². The number of nitrogens with zero attached hydrogens (tertiary/aromatic N) is 1. The van der Waals surface area contributed by atoms with Crippen LogP contribution in [0.1, 0.15) is 15.9 Å². The zero-order chi connectivity index (χ0) is 20.3. The summed E-state index contributed by atoms with van der Waals surface area (Å²) in [5.74, 6) is -1.48. The van der Waals surface area contributed by atoms with E-state index in [9.17, 15) is 27.9 Å². The minimum atomic E-state index is -4.56. The third kappa shape index (κ3) is 4.29. The third-order valence-corrected chi connectivity index (χ3v) is 3.94. The van der Waals surface area contributed by atoms with Crippen molar-refractivity contribution in [3.05, 3.63) is 59.9 Å². The lowest BCUT2D eigenvalue weighted by Crippen LogP contribution is -2.46. The monoisotopic (exact) mass is 392 g/mol. The summed E-state index contributed by atoms with van der Waals surface area (Å²) in [5, 5.41) is 14.0. The van der Waals surface area contributed by atoms with Crippen LogP contribution >= 0.6 is 0 Å². The number of aromatic nitrogens is 2. The van der Waals surface area contributed by atoms with E-state index in [0.717, 1.165) is 18.2 Å². The standard InChI is InChI=1S/C18H15F3N4O3/c19-18(20,21)11-2-1-3-12(7-11)24-17(28)15(8-26)25-16(27)10-4-5-13-14(6-10)23-9-22-13/h1-7,9,15,26H,8H2,(H,22,23)(H,24,28)(H,25,27)/t15-/m0/s1. The van der Waals surface area contributed by atoms with E-state index in [1.165, 1.54) is 24.5 Å². The van der Waals surface area contributed by atoms with Crippen molar-refractivity contribution in [3.63, 3.8) is 0 Å². The van der Waals surface area contributed by atoms with Crippen molar-refractivity contribution in [1.82, 2.24) is 15.3 Å². The zero-order valence-electron chi connectivity index (χ0n) is 14.2. The molecule has 7 nitrogen and oxygen atoms in total. The maximum Gasteiger partial charge on any atom is 0.416 e. The molecular formula is C18H15F3N4O3. The summed E-state index contributed by atoms with van der Waals surface area (Å²) in [4.78, 5) is 31.5. The molecule has 0 aliphatic heterocycles. The van der Waals surface area contributed by atoms with Crippen molar-refractivity contribution in [2.45, 2.75) is 12.2 Å². The van der Waals surface area contributed by atoms with Gasteiger partial charge < -0.3 is 20.7 Å². The van der Waals surface area contributed by atoms with E-state index in [0.29, 0.717) is 11.0 Å². The smallest absolute Gasteiger partial charge is 0.394 e. The number of halogens is 3. The predicted octanol–water partition coefficient (Wildman–Crippen LogP) is 2.31. The van der Waals surface area contributed by atoms with Crippen LogP contribution < -0.4 is 10.6 Å². The lowest BCUT2D eigenvalue weighted by atomic mass is 10.1. The van der Waals surface area contributed by atoms with E-state index in [2.05, 4.69) is 20.6 Å². The Morgan fingerprint density at radius 3 is 2.68 bits per heavy atom. The maximum atomic E-state index is 12.8. The van der Waals surface area contributed by atoms with E-state index >= 15 is 0 Å². The summed E-state index contributed by atoms with van der Waals surface area (Å²) in [6.45, 7) is -0.733. The summed E-state index contributed by atoms with van der Waals surface area (Å²) < 4.78 is 38.3. The first-order valence-electron chi connectivity index (χ1n) is 8.11. The number of anilines is 1. The highest BCUT2D eigenvalue weighted by Crippen LogP contribution is 2.30. The first kappa shape index (κ1) is 19.4. The Bertz CT molecular complexity index is 1020. The molecule has 4 N–H and O–H groups in total. The molecule has 10 heteroatoms. The quantitative estimate of drug-likeness (QED) is 0.535. The van der Waals surface area contributed by atoms with Crippen LogP contribution in [0.25, 0.3) is 11.0 Å². The minimum Gasteiger partial charge on any atom is -0.394 e. The van der Waals surface area contributed by atoms with Gasteiger partial charge in [-0.1, -0.05) is 6.07 Å². The molecule has 146 valence electrons. The first-order chi connectivity index (χ1) is 13.3. The van der Waals surface area contributed by atoms with Crippen molar-refractivity contribution in [2.75, 3.05) is 11.9 Å². The van der Waals surface area contributed by atoms with Gasteiger partial charge in [-0.25, -0.2) is 4.98 Å². The number of nitrogens with one attached hydrogen (secondary N) is 3. The number of fused-ring (bicyclic) bond motifs is 1. The largest absolute Gasteiger partial charge is 0.416 e. The molecule has 0 fully saturated rings. The summed E-state index contributed by atoms with van der Waals surface area (Å²) >= 11 is 0. The molecule has 28 heavy (non-hydrogen) atoms. The maximum absolute atomic E-state index is 12.8. The molecule has 0 unspecified atom stereocenters. The molecule has 2 aromatic carbocycles. The molecule has 0 radical (unpaired) electrons. The number of carbonyl (C=O) groups is 2. The zero-order valence-corrected chi connectivity index (χ0v) is 14.2. The van der Waals surface area contributed by atoms with Gasteiger partial charge >= 0.3 is 6.18 Å². The highest BCUT2D eigenvalue weighted by atomic mass is 19.4. The van der Waals surface area contributed by atoms with Crippen LogP contribution in [0.15, 0.2) is 48.8 Å². The van der Waals surface area contributed by atoms with Crippen LogP contribution in [0.2, 0.25) is 0 Å². The fourth-order valence-electron chi connectivity index (χ4n) is 2.52. The van der Waals surface area contributed by atoms with Crippen LogP contribution in [0.3, 0.4) is 0 Å². The topological polar surface area (TPSA) is 107 Å². The number of amides is 2. The van der Waals surface area contributed by atoms with Gasteiger partial charge in [-0.05, 0) is 36.4 Å². The van der Waals surface area contributed by atoms with Gasteiger partial charge in [0, 0.05) is 11.3 Å². The number of alkyl halides is 3. The number of H-pyrrole nitrogens is 1. The first-order valence-corrected chi connectivity index (χ1v) is 8.11. The molecule has 2 amide bonds. The van der Waals surface area contributed by atoms with Gasteiger partial charge in [0.05, 0.1) is 29.5 Å². The van der Waals surface area contributed by atoms with E-state index in [1.54, 1.807) is 6.07 Å². The van der Waals surface area contributed by atoms with Crippen LogP contribution in [0.4, 0.5) is 18.9 Å². The molecular weight excluding hydrogens is 377 g/mol. The van der Waals surface area contributed by atoms with Gasteiger partial charge in [-0.15, -0.1) is 0 Å². The predicted molar refractivity (Wildman–Crippen MR) is 94.5 cm³/mol. The van der Waals surface area contributed by atoms with Gasteiger partial charge in [-0.2, -0.15) is 13.2 Å². The molecule has 1 aromatic heterocycles. The van der Waals surface area contributed by atoms with Crippen molar-refractivity contribution in [2.24, 2.45) is 0 Å². The number of aromatic amines is 1. The van der Waals surface area contributed by atoms with E-state index < -0.39 is 36.2 Å². The lowest BCUT2D eigenvalue weighted by molar-refractivity contribution is -0.137. The van der Waals surface area contributed by atoms with E-state index in [-0.39, 0.29) is 11.3 Å². The number of benzene rings is 2. The molecule has 0 saturated heterocycles. The van der Waals surface area contributed by atoms with Crippen molar-refractivity contribution in [3.8, 4) is 0 Å². The van der Waals surface area contributed by atoms with Gasteiger partial charge in [-0.3, -0.25) is 9.59 Å². The Hall–Kier alpha value is -3.40. The molecule has 3 aromatic rings.